The van der Waals surface area contributed by atoms with Crippen molar-refractivity contribution in [2.75, 3.05) is 26.1 Å². The number of nitrogens with zero attached hydrogens (tertiary/aromatic N) is 1. The highest BCUT2D eigenvalue weighted by atomic mass is 32.1. The number of benzene rings is 2. The Morgan fingerprint density at radius 3 is 2.47 bits per heavy atom. The van der Waals surface area contributed by atoms with Gasteiger partial charge in [0.15, 0.2) is 11.5 Å². The van der Waals surface area contributed by atoms with E-state index in [1.807, 2.05) is 25.1 Å². The third-order valence-corrected chi connectivity index (χ3v) is 6.06. The van der Waals surface area contributed by atoms with Crippen LogP contribution in [0.3, 0.4) is 0 Å². The molecule has 0 bridgehead atoms. The second kappa shape index (κ2) is 10.2. The smallest absolute Gasteiger partial charge is 0.313 e. The monoisotopic (exact) mass is 457 g/mol. The first-order chi connectivity index (χ1) is 15.3. The molecular weight excluding hydrogens is 433 g/mol. The lowest BCUT2D eigenvalue weighted by Gasteiger charge is -2.08. The molecule has 0 atom stereocenters. The average molecular weight is 458 g/mol. The number of anilines is 1. The number of hydrogen-bond acceptors (Lipinski definition) is 6. The second-order valence-corrected chi connectivity index (χ2v) is 8.10. The molecule has 32 heavy (non-hydrogen) atoms. The van der Waals surface area contributed by atoms with E-state index in [0.29, 0.717) is 23.5 Å². The predicted molar refractivity (Wildman–Crippen MR) is 122 cm³/mol. The van der Waals surface area contributed by atoms with E-state index in [-0.39, 0.29) is 12.2 Å². The summed E-state index contributed by atoms with van der Waals surface area (Å²) in [5, 5.41) is 5.80. The van der Waals surface area contributed by atoms with Crippen LogP contribution in [0.1, 0.15) is 16.1 Å². The van der Waals surface area contributed by atoms with Gasteiger partial charge in [-0.3, -0.25) is 9.59 Å². The highest BCUT2D eigenvalue weighted by Gasteiger charge is 2.16. The second-order valence-electron chi connectivity index (χ2n) is 7.02. The van der Waals surface area contributed by atoms with Crippen LogP contribution in [0.2, 0.25) is 0 Å². The van der Waals surface area contributed by atoms with Gasteiger partial charge < -0.3 is 20.1 Å². The van der Waals surface area contributed by atoms with E-state index in [1.165, 1.54) is 23.5 Å². The number of amides is 2. The number of carbonyl (C=O) groups is 2. The van der Waals surface area contributed by atoms with Gasteiger partial charge in [0.25, 0.3) is 0 Å². The summed E-state index contributed by atoms with van der Waals surface area (Å²) in [6.07, 6.45) is 0.523. The first-order valence-electron chi connectivity index (χ1n) is 9.86. The van der Waals surface area contributed by atoms with Gasteiger partial charge in [0, 0.05) is 29.1 Å². The molecule has 3 rings (SSSR count). The molecule has 0 spiro atoms. The largest absolute Gasteiger partial charge is 0.493 e. The van der Waals surface area contributed by atoms with Crippen LogP contribution in [0.5, 0.6) is 11.5 Å². The van der Waals surface area contributed by atoms with Gasteiger partial charge in [-0.25, -0.2) is 9.37 Å². The first-order valence-corrected chi connectivity index (χ1v) is 10.7. The number of ether oxygens (including phenoxy) is 2. The molecule has 0 aliphatic carbocycles. The van der Waals surface area contributed by atoms with Gasteiger partial charge in [-0.15, -0.1) is 11.3 Å². The molecule has 168 valence electrons. The molecule has 1 aromatic heterocycles. The Hall–Kier alpha value is -3.46. The fourth-order valence-corrected chi connectivity index (χ4v) is 4.04. The molecule has 0 unspecified atom stereocenters. The molecule has 3 aromatic rings. The molecule has 1 heterocycles. The van der Waals surface area contributed by atoms with E-state index >= 15 is 0 Å². The summed E-state index contributed by atoms with van der Waals surface area (Å²) in [5.74, 6) is -0.826. The maximum atomic E-state index is 13.6. The zero-order chi connectivity index (χ0) is 23.3. The van der Waals surface area contributed by atoms with E-state index in [2.05, 4.69) is 15.6 Å². The Labute approximate surface area is 189 Å². The predicted octanol–water partition coefficient (Wildman–Crippen LogP) is 3.88. The van der Waals surface area contributed by atoms with E-state index in [0.717, 1.165) is 21.1 Å². The third-order valence-electron chi connectivity index (χ3n) is 4.80. The van der Waals surface area contributed by atoms with Crippen molar-refractivity contribution in [3.8, 4) is 22.1 Å². The molecule has 2 aromatic carbocycles. The molecule has 0 saturated carbocycles. The zero-order valence-electron chi connectivity index (χ0n) is 18.2. The highest BCUT2D eigenvalue weighted by Crippen LogP contribution is 2.35. The highest BCUT2D eigenvalue weighted by molar-refractivity contribution is 7.15. The summed E-state index contributed by atoms with van der Waals surface area (Å²) in [6, 6.07) is 9.84. The van der Waals surface area contributed by atoms with Crippen LogP contribution in [0.4, 0.5) is 10.1 Å². The van der Waals surface area contributed by atoms with E-state index < -0.39 is 17.6 Å². The molecule has 2 N–H and O–H groups in total. The number of nitrogens with one attached hydrogen (secondary N) is 2. The van der Waals surface area contributed by atoms with Crippen LogP contribution in [0, 0.1) is 19.7 Å². The molecule has 0 radical (unpaired) electrons. The van der Waals surface area contributed by atoms with Crippen molar-refractivity contribution < 1.29 is 23.5 Å². The van der Waals surface area contributed by atoms with Gasteiger partial charge in [-0.1, -0.05) is 6.07 Å². The fraction of sp³-hybridized carbons (Fsp3) is 0.261. The van der Waals surface area contributed by atoms with E-state index in [9.17, 15) is 14.0 Å². The minimum Gasteiger partial charge on any atom is -0.493 e. The average Bonchev–Trinajstić information content (AvgIpc) is 3.16. The van der Waals surface area contributed by atoms with Gasteiger partial charge >= 0.3 is 11.8 Å². The number of aryl methyl sites for hydroxylation is 2. The van der Waals surface area contributed by atoms with Crippen molar-refractivity contribution in [1.29, 1.82) is 0 Å². The van der Waals surface area contributed by atoms with Gasteiger partial charge in [-0.05, 0) is 49.7 Å². The number of methoxy groups -OCH3 is 2. The van der Waals surface area contributed by atoms with Crippen molar-refractivity contribution in [1.82, 2.24) is 10.3 Å². The van der Waals surface area contributed by atoms with Crippen LogP contribution in [0.25, 0.3) is 10.6 Å². The lowest BCUT2D eigenvalue weighted by Crippen LogP contribution is -2.36. The van der Waals surface area contributed by atoms with Crippen molar-refractivity contribution in [2.45, 2.75) is 20.3 Å². The Bertz CT molecular complexity index is 1150. The van der Waals surface area contributed by atoms with Gasteiger partial charge in [0.1, 0.15) is 10.8 Å². The van der Waals surface area contributed by atoms with Crippen LogP contribution >= 0.6 is 11.3 Å². The van der Waals surface area contributed by atoms with E-state index in [1.54, 1.807) is 27.2 Å². The quantitative estimate of drug-likeness (QED) is 0.526. The Balaban J connectivity index is 1.58. The first kappa shape index (κ1) is 23.2. The van der Waals surface area contributed by atoms with Crippen molar-refractivity contribution in [3.05, 3.63) is 58.3 Å². The van der Waals surface area contributed by atoms with Crippen molar-refractivity contribution in [3.63, 3.8) is 0 Å². The fourth-order valence-electron chi connectivity index (χ4n) is 2.98. The standard InChI is InChI=1S/C23H24FN3O4S/c1-13-5-7-16(12-17(13)24)27-22(29)21(28)25-10-9-20-14(2)26-23(32-20)15-6-8-18(30-3)19(11-15)31-4/h5-8,11-12H,9-10H2,1-4H3,(H,25,28)(H,27,29). The molecule has 0 saturated heterocycles. The summed E-state index contributed by atoms with van der Waals surface area (Å²) in [4.78, 5) is 29.7. The number of aromatic nitrogens is 1. The van der Waals surface area contributed by atoms with Crippen molar-refractivity contribution >= 4 is 28.8 Å². The summed E-state index contributed by atoms with van der Waals surface area (Å²) in [7, 11) is 3.16. The van der Waals surface area contributed by atoms with Crippen LogP contribution in [0.15, 0.2) is 36.4 Å². The molecule has 2 amide bonds. The van der Waals surface area contributed by atoms with Gasteiger partial charge in [-0.2, -0.15) is 0 Å². The number of halogens is 1. The van der Waals surface area contributed by atoms with E-state index in [4.69, 9.17) is 9.47 Å². The minimum absolute atomic E-state index is 0.228. The third kappa shape index (κ3) is 5.42. The van der Waals surface area contributed by atoms with Gasteiger partial charge in [0.05, 0.1) is 19.9 Å². The molecule has 0 aliphatic heterocycles. The normalized spacial score (nSPS) is 10.5. The molecular formula is C23H24FN3O4S. The molecule has 9 heteroatoms. The number of thiazole rings is 1. The molecule has 7 nitrogen and oxygen atoms in total. The Kier molecular flexibility index (Phi) is 7.42. The topological polar surface area (TPSA) is 89.5 Å². The summed E-state index contributed by atoms with van der Waals surface area (Å²) in [5.41, 5.74) is 2.44. The van der Waals surface area contributed by atoms with Crippen LogP contribution in [-0.4, -0.2) is 37.6 Å². The Morgan fingerprint density at radius 1 is 1.03 bits per heavy atom. The summed E-state index contributed by atoms with van der Waals surface area (Å²) in [6.45, 7) is 3.78. The van der Waals surface area contributed by atoms with Crippen LogP contribution in [-0.2, 0) is 16.0 Å². The van der Waals surface area contributed by atoms with Crippen molar-refractivity contribution in [2.24, 2.45) is 0 Å². The SMILES string of the molecule is COc1ccc(-c2nc(C)c(CCNC(=O)C(=O)Nc3ccc(C)c(F)c3)s2)cc1OC. The number of carbonyl (C=O) groups excluding carboxylic acids is 2. The lowest BCUT2D eigenvalue weighted by molar-refractivity contribution is -0.136. The minimum atomic E-state index is -0.847. The zero-order valence-corrected chi connectivity index (χ0v) is 19.1. The summed E-state index contributed by atoms with van der Waals surface area (Å²) < 4.78 is 24.2. The Morgan fingerprint density at radius 2 is 1.78 bits per heavy atom. The molecule has 0 aliphatic rings. The molecule has 0 fully saturated rings. The summed E-state index contributed by atoms with van der Waals surface area (Å²) >= 11 is 1.51. The number of hydrogen-bond donors (Lipinski definition) is 2. The lowest BCUT2D eigenvalue weighted by atomic mass is 10.2. The number of rotatable bonds is 7. The maximum absolute atomic E-state index is 13.6. The maximum Gasteiger partial charge on any atom is 0.313 e. The van der Waals surface area contributed by atoms with Crippen LogP contribution < -0.4 is 20.1 Å². The van der Waals surface area contributed by atoms with Gasteiger partial charge in [0.2, 0.25) is 0 Å².